The Hall–Kier alpha value is -0.810. The number of likely N-dealkylation sites (N-methyl/N-ethyl adjacent to an activating group) is 1. The highest BCUT2D eigenvalue weighted by atomic mass is 35.5. The van der Waals surface area contributed by atoms with Gasteiger partial charge in [-0.1, -0.05) is 13.0 Å². The van der Waals surface area contributed by atoms with E-state index >= 15 is 0 Å². The summed E-state index contributed by atoms with van der Waals surface area (Å²) in [5, 5.41) is 6.24. The first-order chi connectivity index (χ1) is 8.70. The molecule has 0 aliphatic carbocycles. The van der Waals surface area contributed by atoms with Crippen molar-refractivity contribution in [3.8, 4) is 0 Å². The molecule has 6 heteroatoms. The van der Waals surface area contributed by atoms with E-state index in [0.717, 1.165) is 31.7 Å². The van der Waals surface area contributed by atoms with Crippen LogP contribution in [0.4, 0.5) is 0 Å². The molecule has 1 aromatic carbocycles. The van der Waals surface area contributed by atoms with Gasteiger partial charge >= 0.3 is 0 Å². The van der Waals surface area contributed by atoms with Crippen molar-refractivity contribution in [2.24, 2.45) is 0 Å². The predicted molar refractivity (Wildman–Crippen MR) is 87.0 cm³/mol. The summed E-state index contributed by atoms with van der Waals surface area (Å²) in [5.74, 6) is 0.0224. The highest BCUT2D eigenvalue weighted by molar-refractivity contribution is 5.94. The molecule has 1 amide bonds. The third kappa shape index (κ3) is 4.94. The number of hydrogen-bond acceptors (Lipinski definition) is 3. The van der Waals surface area contributed by atoms with E-state index in [-0.39, 0.29) is 30.7 Å². The molecular formula is C14H23Cl2N3O. The highest BCUT2D eigenvalue weighted by Crippen LogP contribution is 2.16. The number of halogens is 2. The second-order valence-electron chi connectivity index (χ2n) is 4.74. The number of hydrogen-bond donors (Lipinski definition) is 2. The first-order valence-electron chi connectivity index (χ1n) is 6.50. The maximum Gasteiger partial charge on any atom is 0.251 e. The van der Waals surface area contributed by atoms with Crippen LogP contribution in [0.3, 0.4) is 0 Å². The van der Waals surface area contributed by atoms with Gasteiger partial charge in [0.1, 0.15) is 0 Å². The summed E-state index contributed by atoms with van der Waals surface area (Å²) in [6.07, 6.45) is 0. The van der Waals surface area contributed by atoms with Crippen molar-refractivity contribution < 1.29 is 4.79 Å². The standard InChI is InChI=1S/C14H21N3O.2ClH/c1-3-17(2)7-6-16-14(18)11-4-5-12-9-15-10-13(12)8-11;;/h4-5,8,15H,3,6-7,9-10H2,1-2H3,(H,16,18);2*1H. The molecule has 0 saturated heterocycles. The molecule has 1 aliphatic rings. The van der Waals surface area contributed by atoms with Gasteiger partial charge in [0, 0.05) is 31.7 Å². The third-order valence-corrected chi connectivity index (χ3v) is 3.42. The van der Waals surface area contributed by atoms with Gasteiger partial charge in [-0.15, -0.1) is 24.8 Å². The van der Waals surface area contributed by atoms with Gasteiger partial charge in [-0.05, 0) is 36.9 Å². The number of carbonyl (C=O) groups is 1. The van der Waals surface area contributed by atoms with E-state index < -0.39 is 0 Å². The van der Waals surface area contributed by atoms with Crippen LogP contribution in [0.15, 0.2) is 18.2 Å². The molecule has 0 spiro atoms. The maximum absolute atomic E-state index is 12.0. The van der Waals surface area contributed by atoms with Crippen LogP contribution in [0.25, 0.3) is 0 Å². The molecule has 1 aliphatic heterocycles. The van der Waals surface area contributed by atoms with Crippen molar-refractivity contribution in [2.75, 3.05) is 26.7 Å². The van der Waals surface area contributed by atoms with Crippen molar-refractivity contribution >= 4 is 30.7 Å². The molecule has 1 aromatic rings. The van der Waals surface area contributed by atoms with Crippen LogP contribution in [0.1, 0.15) is 28.4 Å². The summed E-state index contributed by atoms with van der Waals surface area (Å²) >= 11 is 0. The van der Waals surface area contributed by atoms with Crippen LogP contribution < -0.4 is 10.6 Å². The fourth-order valence-electron chi connectivity index (χ4n) is 2.06. The van der Waals surface area contributed by atoms with Crippen LogP contribution in [-0.4, -0.2) is 37.5 Å². The lowest BCUT2D eigenvalue weighted by Crippen LogP contribution is -2.32. The van der Waals surface area contributed by atoms with Gasteiger partial charge in [0.05, 0.1) is 0 Å². The van der Waals surface area contributed by atoms with E-state index in [2.05, 4.69) is 22.5 Å². The Morgan fingerprint density at radius 1 is 1.30 bits per heavy atom. The molecule has 0 saturated carbocycles. The summed E-state index contributed by atoms with van der Waals surface area (Å²) < 4.78 is 0. The minimum Gasteiger partial charge on any atom is -0.351 e. The van der Waals surface area contributed by atoms with Gasteiger partial charge in [0.15, 0.2) is 0 Å². The van der Waals surface area contributed by atoms with Crippen molar-refractivity contribution in [3.05, 3.63) is 34.9 Å². The molecule has 114 valence electrons. The number of fused-ring (bicyclic) bond motifs is 1. The Balaban J connectivity index is 0.00000180. The lowest BCUT2D eigenvalue weighted by Gasteiger charge is -2.14. The minimum atomic E-state index is 0. The lowest BCUT2D eigenvalue weighted by atomic mass is 10.1. The van der Waals surface area contributed by atoms with Gasteiger partial charge < -0.3 is 15.5 Å². The molecular weight excluding hydrogens is 297 g/mol. The van der Waals surface area contributed by atoms with Crippen LogP contribution >= 0.6 is 24.8 Å². The second-order valence-corrected chi connectivity index (χ2v) is 4.74. The number of amides is 1. The predicted octanol–water partition coefficient (Wildman–Crippen LogP) is 1.81. The fourth-order valence-corrected chi connectivity index (χ4v) is 2.06. The highest BCUT2D eigenvalue weighted by Gasteiger charge is 2.13. The number of nitrogens with zero attached hydrogens (tertiary/aromatic N) is 1. The first-order valence-corrected chi connectivity index (χ1v) is 6.50. The number of nitrogens with one attached hydrogen (secondary N) is 2. The molecule has 0 unspecified atom stereocenters. The average molecular weight is 320 g/mol. The molecule has 0 radical (unpaired) electrons. The molecule has 0 aromatic heterocycles. The smallest absolute Gasteiger partial charge is 0.251 e. The summed E-state index contributed by atoms with van der Waals surface area (Å²) in [6, 6.07) is 5.95. The van der Waals surface area contributed by atoms with Crippen LogP contribution in [0.5, 0.6) is 0 Å². The molecule has 0 fully saturated rings. The molecule has 0 atom stereocenters. The maximum atomic E-state index is 12.0. The number of carbonyl (C=O) groups excluding carboxylic acids is 1. The zero-order chi connectivity index (χ0) is 13.0. The molecule has 4 nitrogen and oxygen atoms in total. The van der Waals surface area contributed by atoms with Crippen LogP contribution in [-0.2, 0) is 13.1 Å². The Morgan fingerprint density at radius 2 is 2.00 bits per heavy atom. The van der Waals surface area contributed by atoms with Crippen LogP contribution in [0.2, 0.25) is 0 Å². The first kappa shape index (κ1) is 19.2. The van der Waals surface area contributed by atoms with Crippen molar-refractivity contribution in [1.82, 2.24) is 15.5 Å². The minimum absolute atomic E-state index is 0. The molecule has 1 heterocycles. The Kier molecular flexibility index (Phi) is 8.81. The van der Waals surface area contributed by atoms with E-state index in [9.17, 15) is 4.79 Å². The van der Waals surface area contributed by atoms with E-state index in [4.69, 9.17) is 0 Å². The SMILES string of the molecule is CCN(C)CCNC(=O)c1ccc2c(c1)CNC2.Cl.Cl. The zero-order valence-corrected chi connectivity index (χ0v) is 13.6. The Morgan fingerprint density at radius 3 is 2.70 bits per heavy atom. The third-order valence-electron chi connectivity index (χ3n) is 3.42. The van der Waals surface area contributed by atoms with Crippen molar-refractivity contribution in [3.63, 3.8) is 0 Å². The summed E-state index contributed by atoms with van der Waals surface area (Å²) in [6.45, 7) is 6.47. The van der Waals surface area contributed by atoms with Gasteiger partial charge in [-0.3, -0.25) is 4.79 Å². The Labute approximate surface area is 133 Å². The summed E-state index contributed by atoms with van der Waals surface area (Å²) in [4.78, 5) is 14.1. The summed E-state index contributed by atoms with van der Waals surface area (Å²) in [5.41, 5.74) is 3.31. The average Bonchev–Trinajstić information content (AvgIpc) is 2.85. The molecule has 20 heavy (non-hydrogen) atoms. The zero-order valence-electron chi connectivity index (χ0n) is 11.9. The van der Waals surface area contributed by atoms with E-state index in [1.807, 2.05) is 25.2 Å². The quantitative estimate of drug-likeness (QED) is 0.870. The van der Waals surface area contributed by atoms with Gasteiger partial charge in [0.2, 0.25) is 0 Å². The van der Waals surface area contributed by atoms with Gasteiger partial charge in [-0.2, -0.15) is 0 Å². The van der Waals surface area contributed by atoms with Crippen molar-refractivity contribution in [2.45, 2.75) is 20.0 Å². The fraction of sp³-hybridized carbons (Fsp3) is 0.500. The van der Waals surface area contributed by atoms with E-state index in [0.29, 0.717) is 6.54 Å². The summed E-state index contributed by atoms with van der Waals surface area (Å²) in [7, 11) is 2.05. The van der Waals surface area contributed by atoms with Gasteiger partial charge in [-0.25, -0.2) is 0 Å². The lowest BCUT2D eigenvalue weighted by molar-refractivity contribution is 0.0950. The second kappa shape index (κ2) is 9.19. The number of benzene rings is 1. The number of rotatable bonds is 5. The normalized spacial score (nSPS) is 12.3. The largest absolute Gasteiger partial charge is 0.351 e. The molecule has 0 bridgehead atoms. The molecule has 2 rings (SSSR count). The van der Waals surface area contributed by atoms with E-state index in [1.54, 1.807) is 0 Å². The Bertz CT molecular complexity index is 440. The van der Waals surface area contributed by atoms with Gasteiger partial charge in [0.25, 0.3) is 5.91 Å². The monoisotopic (exact) mass is 319 g/mol. The topological polar surface area (TPSA) is 44.4 Å². The molecule has 2 N–H and O–H groups in total. The van der Waals surface area contributed by atoms with Crippen LogP contribution in [0, 0.1) is 0 Å². The van der Waals surface area contributed by atoms with Crippen molar-refractivity contribution in [1.29, 1.82) is 0 Å². The van der Waals surface area contributed by atoms with E-state index in [1.165, 1.54) is 11.1 Å².